The summed E-state index contributed by atoms with van der Waals surface area (Å²) in [5, 5.41) is 3.63. The van der Waals surface area contributed by atoms with Gasteiger partial charge >= 0.3 is 0 Å². The third-order valence-corrected chi connectivity index (χ3v) is 5.42. The number of rotatable bonds is 9. The van der Waals surface area contributed by atoms with E-state index in [1.54, 1.807) is 17.0 Å². The topological polar surface area (TPSA) is 49.4 Å². The summed E-state index contributed by atoms with van der Waals surface area (Å²) in [5.74, 6) is -0.250. The molecule has 1 N–H and O–H groups in total. The summed E-state index contributed by atoms with van der Waals surface area (Å²) in [5.41, 5.74) is 2.85. The lowest BCUT2D eigenvalue weighted by Crippen LogP contribution is -2.52. The zero-order valence-corrected chi connectivity index (χ0v) is 19.3. The highest BCUT2D eigenvalue weighted by atomic mass is 35.5. The summed E-state index contributed by atoms with van der Waals surface area (Å²) in [6, 6.07) is 26.2. The van der Waals surface area contributed by atoms with Crippen molar-refractivity contribution in [1.29, 1.82) is 0 Å². The van der Waals surface area contributed by atoms with Crippen LogP contribution in [0.1, 0.15) is 30.5 Å². The maximum Gasteiger partial charge on any atom is 0.243 e. The molecule has 0 bridgehead atoms. The van der Waals surface area contributed by atoms with E-state index >= 15 is 0 Å². The largest absolute Gasteiger partial charge is 0.352 e. The maximum absolute atomic E-state index is 13.5. The van der Waals surface area contributed by atoms with Gasteiger partial charge in [0.2, 0.25) is 11.8 Å². The van der Waals surface area contributed by atoms with Crippen LogP contribution < -0.4 is 5.32 Å². The van der Waals surface area contributed by atoms with Crippen LogP contribution in [-0.2, 0) is 29.0 Å². The highest BCUT2D eigenvalue weighted by Crippen LogP contribution is 2.17. The summed E-state index contributed by atoms with van der Waals surface area (Å²) in [4.78, 5) is 28.5. The Kier molecular flexibility index (Phi) is 8.46. The van der Waals surface area contributed by atoms with Crippen LogP contribution in [0, 0.1) is 0 Å². The first-order valence-corrected chi connectivity index (χ1v) is 11.2. The number of amides is 2. The summed E-state index contributed by atoms with van der Waals surface area (Å²) >= 11 is 6.00. The molecule has 0 aliphatic carbocycles. The van der Waals surface area contributed by atoms with Gasteiger partial charge in [-0.2, -0.15) is 0 Å². The molecule has 3 aromatic rings. The fourth-order valence-electron chi connectivity index (χ4n) is 3.59. The van der Waals surface area contributed by atoms with E-state index in [1.165, 1.54) is 0 Å². The van der Waals surface area contributed by atoms with Crippen LogP contribution in [0.4, 0.5) is 0 Å². The number of halogens is 1. The number of nitrogens with one attached hydrogen (secondary N) is 1. The van der Waals surface area contributed by atoms with Gasteiger partial charge in [-0.05, 0) is 42.7 Å². The third kappa shape index (κ3) is 6.96. The Hall–Kier alpha value is -3.11. The number of nitrogens with zero attached hydrogens (tertiary/aromatic N) is 1. The van der Waals surface area contributed by atoms with Crippen LogP contribution in [0.25, 0.3) is 0 Å². The van der Waals surface area contributed by atoms with Crippen molar-refractivity contribution in [2.75, 3.05) is 0 Å². The summed E-state index contributed by atoms with van der Waals surface area (Å²) < 4.78 is 0. The van der Waals surface area contributed by atoms with Gasteiger partial charge in [-0.15, -0.1) is 0 Å². The Morgan fingerprint density at radius 1 is 0.812 bits per heavy atom. The molecule has 5 heteroatoms. The zero-order valence-electron chi connectivity index (χ0n) is 18.5. The predicted molar refractivity (Wildman–Crippen MR) is 129 cm³/mol. The summed E-state index contributed by atoms with van der Waals surface area (Å²) in [6.45, 7) is 4.21. The Labute approximate surface area is 195 Å². The van der Waals surface area contributed by atoms with Crippen molar-refractivity contribution in [3.8, 4) is 0 Å². The number of benzene rings is 3. The zero-order chi connectivity index (χ0) is 22.9. The molecule has 3 rings (SSSR count). The van der Waals surface area contributed by atoms with Crippen LogP contribution in [0.5, 0.6) is 0 Å². The van der Waals surface area contributed by atoms with E-state index in [-0.39, 0.29) is 24.3 Å². The van der Waals surface area contributed by atoms with Crippen LogP contribution in [0.2, 0.25) is 5.02 Å². The third-order valence-electron chi connectivity index (χ3n) is 5.17. The van der Waals surface area contributed by atoms with Crippen LogP contribution in [0.15, 0.2) is 84.9 Å². The molecule has 0 aliphatic heterocycles. The van der Waals surface area contributed by atoms with Crippen molar-refractivity contribution < 1.29 is 9.59 Å². The molecule has 0 saturated heterocycles. The predicted octanol–water partition coefficient (Wildman–Crippen LogP) is 5.05. The molecule has 0 spiro atoms. The minimum atomic E-state index is -0.625. The van der Waals surface area contributed by atoms with Crippen molar-refractivity contribution in [3.63, 3.8) is 0 Å². The van der Waals surface area contributed by atoms with Gasteiger partial charge in [-0.3, -0.25) is 9.59 Å². The van der Waals surface area contributed by atoms with Crippen molar-refractivity contribution in [1.82, 2.24) is 10.2 Å². The van der Waals surface area contributed by atoms with Crippen LogP contribution >= 0.6 is 11.6 Å². The molecule has 32 heavy (non-hydrogen) atoms. The van der Waals surface area contributed by atoms with E-state index in [2.05, 4.69) is 5.32 Å². The van der Waals surface area contributed by atoms with Crippen molar-refractivity contribution in [2.24, 2.45) is 0 Å². The van der Waals surface area contributed by atoms with E-state index in [9.17, 15) is 9.59 Å². The molecule has 0 saturated carbocycles. The van der Waals surface area contributed by atoms with Crippen molar-refractivity contribution >= 4 is 23.4 Å². The Balaban J connectivity index is 1.93. The molecule has 2 amide bonds. The average molecular weight is 449 g/mol. The van der Waals surface area contributed by atoms with Crippen LogP contribution in [0.3, 0.4) is 0 Å². The summed E-state index contributed by atoms with van der Waals surface area (Å²) in [6.07, 6.45) is 0.642. The molecular formula is C27H29ClN2O2. The minimum Gasteiger partial charge on any atom is -0.352 e. The van der Waals surface area contributed by atoms with Gasteiger partial charge in [0.25, 0.3) is 0 Å². The number of hydrogen-bond acceptors (Lipinski definition) is 2. The molecule has 1 atom stereocenters. The van der Waals surface area contributed by atoms with E-state index in [0.717, 1.165) is 16.7 Å². The average Bonchev–Trinajstić information content (AvgIpc) is 2.78. The Morgan fingerprint density at radius 3 is 1.94 bits per heavy atom. The smallest absolute Gasteiger partial charge is 0.243 e. The van der Waals surface area contributed by atoms with Crippen molar-refractivity contribution in [2.45, 2.75) is 45.3 Å². The molecule has 3 aromatic carbocycles. The number of carbonyl (C=O) groups is 2. The van der Waals surface area contributed by atoms with Gasteiger partial charge in [0.1, 0.15) is 6.04 Å². The van der Waals surface area contributed by atoms with Gasteiger partial charge in [-0.1, -0.05) is 84.4 Å². The number of hydrogen-bond donors (Lipinski definition) is 1. The Bertz CT molecular complexity index is 1000. The van der Waals surface area contributed by atoms with E-state index in [4.69, 9.17) is 11.6 Å². The highest BCUT2D eigenvalue weighted by molar-refractivity contribution is 6.30. The van der Waals surface area contributed by atoms with Gasteiger partial charge in [0.15, 0.2) is 0 Å². The molecular weight excluding hydrogens is 420 g/mol. The lowest BCUT2D eigenvalue weighted by atomic mass is 10.0. The SMILES string of the molecule is CC(C)NC(=O)[C@H](Cc1ccccc1)N(Cc1ccccc1)C(=O)Cc1ccc(Cl)cc1. The first kappa shape index (κ1) is 23.6. The fraction of sp³-hybridized carbons (Fsp3) is 0.259. The molecule has 0 unspecified atom stereocenters. The second-order valence-corrected chi connectivity index (χ2v) is 8.62. The molecule has 0 aliphatic rings. The highest BCUT2D eigenvalue weighted by Gasteiger charge is 2.30. The van der Waals surface area contributed by atoms with E-state index in [1.807, 2.05) is 86.6 Å². The molecule has 0 radical (unpaired) electrons. The normalized spacial score (nSPS) is 11.8. The van der Waals surface area contributed by atoms with Gasteiger partial charge in [-0.25, -0.2) is 0 Å². The molecule has 166 valence electrons. The van der Waals surface area contributed by atoms with Crippen LogP contribution in [-0.4, -0.2) is 28.8 Å². The van der Waals surface area contributed by atoms with Gasteiger partial charge < -0.3 is 10.2 Å². The Morgan fingerprint density at radius 2 is 1.38 bits per heavy atom. The maximum atomic E-state index is 13.5. The molecule has 0 heterocycles. The first-order valence-electron chi connectivity index (χ1n) is 10.8. The van der Waals surface area contributed by atoms with Gasteiger partial charge in [0.05, 0.1) is 6.42 Å². The van der Waals surface area contributed by atoms with Gasteiger partial charge in [0, 0.05) is 24.0 Å². The summed E-state index contributed by atoms with van der Waals surface area (Å²) in [7, 11) is 0. The quantitative estimate of drug-likeness (QED) is 0.498. The monoisotopic (exact) mass is 448 g/mol. The fourth-order valence-corrected chi connectivity index (χ4v) is 3.72. The number of carbonyl (C=O) groups excluding carboxylic acids is 2. The van der Waals surface area contributed by atoms with E-state index in [0.29, 0.717) is 18.0 Å². The van der Waals surface area contributed by atoms with Crippen molar-refractivity contribution in [3.05, 3.63) is 107 Å². The molecule has 0 fully saturated rings. The minimum absolute atomic E-state index is 0.0225. The second kappa shape index (κ2) is 11.5. The lowest BCUT2D eigenvalue weighted by molar-refractivity contribution is -0.141. The second-order valence-electron chi connectivity index (χ2n) is 8.18. The first-order chi connectivity index (χ1) is 15.4. The lowest BCUT2D eigenvalue weighted by Gasteiger charge is -2.32. The molecule has 0 aromatic heterocycles. The van der Waals surface area contributed by atoms with E-state index < -0.39 is 6.04 Å². The standard InChI is InChI=1S/C27H29ClN2O2/c1-20(2)29-27(32)25(17-21-9-5-3-6-10-21)30(19-23-11-7-4-8-12-23)26(31)18-22-13-15-24(28)16-14-22/h3-16,20,25H,17-19H2,1-2H3,(H,29,32)/t25-/m0/s1. The molecule has 4 nitrogen and oxygen atoms in total.